The summed E-state index contributed by atoms with van der Waals surface area (Å²) in [6.07, 6.45) is 10.2. The molecular formula is C19H27NS2. The Labute approximate surface area is 143 Å². The van der Waals surface area contributed by atoms with Crippen LogP contribution in [-0.2, 0) is 0 Å². The summed E-state index contributed by atoms with van der Waals surface area (Å²) in [5.41, 5.74) is 3.91. The molecule has 2 rings (SSSR count). The number of aromatic nitrogens is 1. The summed E-state index contributed by atoms with van der Waals surface area (Å²) in [5, 5.41) is 0. The molecule has 0 fully saturated rings. The molecule has 1 N–H and O–H groups in total. The fraction of sp³-hybridized carbons (Fsp3) is 0.474. The van der Waals surface area contributed by atoms with E-state index in [1.165, 1.54) is 66.0 Å². The van der Waals surface area contributed by atoms with E-state index in [2.05, 4.69) is 49.2 Å². The van der Waals surface area contributed by atoms with Crippen LogP contribution in [0.5, 0.6) is 0 Å². The van der Waals surface area contributed by atoms with Crippen LogP contribution in [0, 0.1) is 6.92 Å². The number of hydrogen-bond donors (Lipinski definition) is 1. The van der Waals surface area contributed by atoms with Crippen LogP contribution >= 0.6 is 21.6 Å². The lowest BCUT2D eigenvalue weighted by Gasteiger charge is -2.10. The zero-order valence-corrected chi connectivity index (χ0v) is 15.4. The van der Waals surface area contributed by atoms with Gasteiger partial charge in [0.1, 0.15) is 0 Å². The molecule has 0 atom stereocenters. The maximum absolute atomic E-state index is 3.33. The zero-order chi connectivity index (χ0) is 15.6. The van der Waals surface area contributed by atoms with Crippen molar-refractivity contribution in [1.82, 2.24) is 4.98 Å². The molecule has 0 amide bonds. The normalized spacial score (nSPS) is 11.0. The summed E-state index contributed by atoms with van der Waals surface area (Å²) in [4.78, 5) is 4.73. The quantitative estimate of drug-likeness (QED) is 0.369. The molecule has 1 aromatic carbocycles. The van der Waals surface area contributed by atoms with Crippen molar-refractivity contribution in [2.75, 3.05) is 5.75 Å². The number of unbranched alkanes of at least 4 members (excludes halogenated alkanes) is 5. The Morgan fingerprint density at radius 3 is 2.55 bits per heavy atom. The average Bonchev–Trinajstić information content (AvgIpc) is 3.05. The van der Waals surface area contributed by atoms with Gasteiger partial charge in [0, 0.05) is 28.1 Å². The van der Waals surface area contributed by atoms with E-state index < -0.39 is 0 Å². The molecule has 22 heavy (non-hydrogen) atoms. The van der Waals surface area contributed by atoms with E-state index in [1.807, 2.05) is 27.8 Å². The summed E-state index contributed by atoms with van der Waals surface area (Å²) >= 11 is 0. The molecule has 0 aliphatic heterocycles. The first-order chi connectivity index (χ1) is 10.8. The SMILES string of the molecule is CCCCCCCCSSc1c(C)cccc1-c1ccc[nH]1. The largest absolute Gasteiger partial charge is 0.361 e. The number of H-pyrrole nitrogens is 1. The molecule has 1 nitrogen and oxygen atoms in total. The summed E-state index contributed by atoms with van der Waals surface area (Å²) < 4.78 is 0. The first-order valence-corrected chi connectivity index (χ1v) is 10.7. The van der Waals surface area contributed by atoms with E-state index in [-0.39, 0.29) is 0 Å². The van der Waals surface area contributed by atoms with E-state index in [1.54, 1.807) is 0 Å². The summed E-state index contributed by atoms with van der Waals surface area (Å²) in [6.45, 7) is 4.48. The standard InChI is InChI=1S/C19H27NS2/c1-3-4-5-6-7-8-15-21-22-19-16(2)11-9-12-17(19)18-13-10-14-20-18/h9-14,20H,3-8,15H2,1-2H3. The second-order valence-corrected chi connectivity index (χ2v) is 8.13. The molecule has 0 radical (unpaired) electrons. The molecule has 3 heteroatoms. The van der Waals surface area contributed by atoms with Crippen molar-refractivity contribution < 1.29 is 0 Å². The molecule has 1 heterocycles. The molecule has 0 aliphatic rings. The van der Waals surface area contributed by atoms with Gasteiger partial charge in [-0.3, -0.25) is 0 Å². The van der Waals surface area contributed by atoms with Gasteiger partial charge >= 0.3 is 0 Å². The monoisotopic (exact) mass is 333 g/mol. The highest BCUT2D eigenvalue weighted by Crippen LogP contribution is 2.40. The predicted octanol–water partition coefficient (Wildman–Crippen LogP) is 7.09. The molecular weight excluding hydrogens is 306 g/mol. The van der Waals surface area contributed by atoms with Gasteiger partial charge in [-0.2, -0.15) is 0 Å². The van der Waals surface area contributed by atoms with Crippen LogP contribution in [0.15, 0.2) is 41.4 Å². The van der Waals surface area contributed by atoms with Crippen LogP contribution in [0.25, 0.3) is 11.3 Å². The van der Waals surface area contributed by atoms with Gasteiger partial charge in [0.2, 0.25) is 0 Å². The lowest BCUT2D eigenvalue weighted by atomic mass is 10.1. The number of rotatable bonds is 10. The Balaban J connectivity index is 1.80. The van der Waals surface area contributed by atoms with E-state index >= 15 is 0 Å². The van der Waals surface area contributed by atoms with Crippen LogP contribution in [-0.4, -0.2) is 10.7 Å². The van der Waals surface area contributed by atoms with Gasteiger partial charge in [-0.25, -0.2) is 0 Å². The number of benzene rings is 1. The second-order valence-electron chi connectivity index (χ2n) is 5.71. The lowest BCUT2D eigenvalue weighted by Crippen LogP contribution is -1.86. The van der Waals surface area contributed by atoms with Gasteiger partial charge < -0.3 is 4.98 Å². The van der Waals surface area contributed by atoms with Crippen molar-refractivity contribution in [3.05, 3.63) is 42.1 Å². The highest BCUT2D eigenvalue weighted by Gasteiger charge is 2.09. The third-order valence-corrected chi connectivity index (χ3v) is 6.46. The van der Waals surface area contributed by atoms with Gasteiger partial charge in [0.05, 0.1) is 0 Å². The Morgan fingerprint density at radius 2 is 1.77 bits per heavy atom. The first kappa shape index (κ1) is 17.6. The van der Waals surface area contributed by atoms with Crippen LogP contribution in [0.1, 0.15) is 51.0 Å². The maximum Gasteiger partial charge on any atom is 0.0465 e. The molecule has 2 aromatic rings. The topological polar surface area (TPSA) is 15.8 Å². The van der Waals surface area contributed by atoms with Crippen LogP contribution < -0.4 is 0 Å². The highest BCUT2D eigenvalue weighted by molar-refractivity contribution is 8.76. The lowest BCUT2D eigenvalue weighted by molar-refractivity contribution is 0.627. The predicted molar refractivity (Wildman–Crippen MR) is 103 cm³/mol. The minimum Gasteiger partial charge on any atom is -0.361 e. The first-order valence-electron chi connectivity index (χ1n) is 8.35. The number of nitrogens with one attached hydrogen (secondary N) is 1. The van der Waals surface area contributed by atoms with Crippen LogP contribution in [0.2, 0.25) is 0 Å². The summed E-state index contributed by atoms with van der Waals surface area (Å²) in [5.74, 6) is 1.25. The Hall–Kier alpha value is -0.800. The zero-order valence-electron chi connectivity index (χ0n) is 13.7. The molecule has 120 valence electrons. The van der Waals surface area contributed by atoms with Crippen molar-refractivity contribution >= 4 is 21.6 Å². The van der Waals surface area contributed by atoms with Gasteiger partial charge in [-0.1, -0.05) is 78.8 Å². The Bertz CT molecular complexity index is 534. The van der Waals surface area contributed by atoms with E-state index in [9.17, 15) is 0 Å². The molecule has 1 aromatic heterocycles. The molecule has 0 saturated heterocycles. The third kappa shape index (κ3) is 5.44. The van der Waals surface area contributed by atoms with Crippen molar-refractivity contribution in [3.63, 3.8) is 0 Å². The Morgan fingerprint density at radius 1 is 0.955 bits per heavy atom. The molecule has 0 saturated carbocycles. The summed E-state index contributed by atoms with van der Waals surface area (Å²) in [6, 6.07) is 10.8. The minimum absolute atomic E-state index is 1.21. The third-order valence-electron chi connectivity index (χ3n) is 3.82. The smallest absolute Gasteiger partial charge is 0.0465 e. The van der Waals surface area contributed by atoms with E-state index in [0.29, 0.717) is 0 Å². The van der Waals surface area contributed by atoms with E-state index in [4.69, 9.17) is 0 Å². The fourth-order valence-corrected chi connectivity index (χ4v) is 5.13. The second kappa shape index (κ2) is 10.1. The molecule has 0 spiro atoms. The highest BCUT2D eigenvalue weighted by atomic mass is 33.1. The number of hydrogen-bond acceptors (Lipinski definition) is 2. The summed E-state index contributed by atoms with van der Waals surface area (Å²) in [7, 11) is 3.94. The van der Waals surface area contributed by atoms with Crippen molar-refractivity contribution in [2.24, 2.45) is 0 Å². The molecule has 0 aliphatic carbocycles. The van der Waals surface area contributed by atoms with E-state index in [0.717, 1.165) is 0 Å². The van der Waals surface area contributed by atoms with Crippen molar-refractivity contribution in [1.29, 1.82) is 0 Å². The van der Waals surface area contributed by atoms with Crippen LogP contribution in [0.4, 0.5) is 0 Å². The number of aromatic amines is 1. The van der Waals surface area contributed by atoms with Crippen LogP contribution in [0.3, 0.4) is 0 Å². The van der Waals surface area contributed by atoms with Gasteiger partial charge in [0.15, 0.2) is 0 Å². The average molecular weight is 334 g/mol. The minimum atomic E-state index is 1.21. The van der Waals surface area contributed by atoms with Gasteiger partial charge in [0.25, 0.3) is 0 Å². The van der Waals surface area contributed by atoms with Gasteiger partial charge in [-0.15, -0.1) is 0 Å². The molecule has 0 bridgehead atoms. The Kier molecular flexibility index (Phi) is 8.03. The maximum atomic E-state index is 3.33. The van der Waals surface area contributed by atoms with Crippen molar-refractivity contribution in [3.8, 4) is 11.3 Å². The van der Waals surface area contributed by atoms with Crippen molar-refractivity contribution in [2.45, 2.75) is 57.3 Å². The number of aryl methyl sites for hydroxylation is 1. The van der Waals surface area contributed by atoms with Gasteiger partial charge in [-0.05, 0) is 31.0 Å². The molecule has 0 unspecified atom stereocenters. The fourth-order valence-electron chi connectivity index (χ4n) is 2.51.